The van der Waals surface area contributed by atoms with Crippen molar-refractivity contribution in [2.75, 3.05) is 0 Å². The summed E-state index contributed by atoms with van der Waals surface area (Å²) in [5.74, 6) is -0.325. The lowest BCUT2D eigenvalue weighted by Gasteiger charge is -2.14. The topological polar surface area (TPSA) is 26.0 Å². The van der Waals surface area contributed by atoms with E-state index in [1.165, 1.54) is 6.07 Å². The molecule has 0 amide bonds. The summed E-state index contributed by atoms with van der Waals surface area (Å²) in [5, 5.41) is 0.639. The molecule has 2 N–H and O–H groups in total. The predicted octanol–water partition coefficient (Wildman–Crippen LogP) is 4.60. The Bertz CT molecular complexity index is 586. The molecule has 4 heteroatoms. The second kappa shape index (κ2) is 5.39. The summed E-state index contributed by atoms with van der Waals surface area (Å²) >= 11 is 9.27. The molecule has 1 atom stereocenters. The van der Waals surface area contributed by atoms with Crippen molar-refractivity contribution in [3.63, 3.8) is 0 Å². The number of nitrogens with two attached hydrogens (primary N) is 1. The summed E-state index contributed by atoms with van der Waals surface area (Å²) in [6, 6.07) is 9.87. The molecule has 2 aromatic rings. The normalized spacial score (nSPS) is 12.5. The lowest BCUT2D eigenvalue weighted by Crippen LogP contribution is -2.13. The van der Waals surface area contributed by atoms with Crippen LogP contribution >= 0.6 is 27.5 Å². The first-order chi connectivity index (χ1) is 8.49. The van der Waals surface area contributed by atoms with Gasteiger partial charge in [-0.2, -0.15) is 0 Å². The molecule has 1 unspecified atom stereocenters. The largest absolute Gasteiger partial charge is 0.320 e. The smallest absolute Gasteiger partial charge is 0.129 e. The lowest BCUT2D eigenvalue weighted by atomic mass is 9.98. The van der Waals surface area contributed by atoms with Gasteiger partial charge in [0.1, 0.15) is 5.82 Å². The highest BCUT2D eigenvalue weighted by Gasteiger charge is 2.14. The van der Waals surface area contributed by atoms with E-state index in [4.69, 9.17) is 17.3 Å². The molecule has 0 saturated heterocycles. The van der Waals surface area contributed by atoms with Crippen molar-refractivity contribution >= 4 is 27.5 Å². The molecule has 0 spiro atoms. The number of benzene rings is 2. The molecule has 94 valence electrons. The van der Waals surface area contributed by atoms with Crippen molar-refractivity contribution in [1.29, 1.82) is 0 Å². The number of hydrogen-bond donors (Lipinski definition) is 1. The number of rotatable bonds is 2. The molecule has 0 bridgehead atoms. The fourth-order valence-electron chi connectivity index (χ4n) is 1.74. The maximum atomic E-state index is 13.8. The van der Waals surface area contributed by atoms with Crippen molar-refractivity contribution in [2.45, 2.75) is 13.0 Å². The maximum Gasteiger partial charge on any atom is 0.129 e. The third-order valence-corrected chi connectivity index (χ3v) is 3.75. The highest BCUT2D eigenvalue weighted by atomic mass is 79.9. The minimum atomic E-state index is -0.517. The van der Waals surface area contributed by atoms with Crippen LogP contribution in [0.15, 0.2) is 40.9 Å². The quantitative estimate of drug-likeness (QED) is 0.856. The van der Waals surface area contributed by atoms with Gasteiger partial charge in [-0.15, -0.1) is 0 Å². The summed E-state index contributed by atoms with van der Waals surface area (Å²) in [5.41, 5.74) is 8.30. The van der Waals surface area contributed by atoms with Gasteiger partial charge in [-0.25, -0.2) is 4.39 Å². The molecule has 0 fully saturated rings. The van der Waals surface area contributed by atoms with E-state index in [-0.39, 0.29) is 5.82 Å². The van der Waals surface area contributed by atoms with Crippen LogP contribution in [0.2, 0.25) is 5.02 Å². The number of hydrogen-bond acceptors (Lipinski definition) is 1. The summed E-state index contributed by atoms with van der Waals surface area (Å²) < 4.78 is 14.5. The van der Waals surface area contributed by atoms with Gasteiger partial charge < -0.3 is 5.73 Å². The van der Waals surface area contributed by atoms with Crippen molar-refractivity contribution in [3.05, 3.63) is 68.4 Å². The van der Waals surface area contributed by atoms with Gasteiger partial charge in [-0.1, -0.05) is 45.7 Å². The van der Waals surface area contributed by atoms with E-state index in [0.29, 0.717) is 15.1 Å². The second-order valence-electron chi connectivity index (χ2n) is 4.15. The summed E-state index contributed by atoms with van der Waals surface area (Å²) in [7, 11) is 0. The fourth-order valence-corrected chi connectivity index (χ4v) is 2.26. The molecule has 1 nitrogen and oxygen atoms in total. The Labute approximate surface area is 119 Å². The van der Waals surface area contributed by atoms with E-state index in [1.54, 1.807) is 18.2 Å². The Hall–Kier alpha value is -0.900. The van der Waals surface area contributed by atoms with Crippen LogP contribution in [0.1, 0.15) is 22.7 Å². The average Bonchev–Trinajstić information content (AvgIpc) is 2.32. The highest BCUT2D eigenvalue weighted by molar-refractivity contribution is 9.10. The Morgan fingerprint density at radius 1 is 1.22 bits per heavy atom. The molecule has 18 heavy (non-hydrogen) atoms. The van der Waals surface area contributed by atoms with Crippen LogP contribution in [0.4, 0.5) is 4.39 Å². The van der Waals surface area contributed by atoms with Crippen molar-refractivity contribution in [3.8, 4) is 0 Å². The minimum Gasteiger partial charge on any atom is -0.320 e. The van der Waals surface area contributed by atoms with Gasteiger partial charge in [0.25, 0.3) is 0 Å². The third kappa shape index (κ3) is 2.74. The molecule has 0 saturated carbocycles. The molecule has 2 aromatic carbocycles. The highest BCUT2D eigenvalue weighted by Crippen LogP contribution is 2.27. The van der Waals surface area contributed by atoms with Gasteiger partial charge in [0.2, 0.25) is 0 Å². The molecule has 0 heterocycles. The van der Waals surface area contributed by atoms with Gasteiger partial charge in [-0.3, -0.25) is 0 Å². The van der Waals surface area contributed by atoms with Gasteiger partial charge >= 0.3 is 0 Å². The van der Waals surface area contributed by atoms with Gasteiger partial charge in [0.15, 0.2) is 0 Å². The third-order valence-electron chi connectivity index (χ3n) is 2.85. The number of aryl methyl sites for hydroxylation is 1. The summed E-state index contributed by atoms with van der Waals surface area (Å²) in [6.45, 7) is 1.91. The first-order valence-corrected chi connectivity index (χ1v) is 6.62. The lowest BCUT2D eigenvalue weighted by molar-refractivity contribution is 0.599. The van der Waals surface area contributed by atoms with E-state index in [2.05, 4.69) is 15.9 Å². The van der Waals surface area contributed by atoms with Crippen LogP contribution in [-0.4, -0.2) is 0 Å². The molecule has 2 rings (SSSR count). The monoisotopic (exact) mass is 327 g/mol. The van der Waals surface area contributed by atoms with Crippen LogP contribution in [0.25, 0.3) is 0 Å². The second-order valence-corrected chi connectivity index (χ2v) is 5.48. The van der Waals surface area contributed by atoms with Crippen LogP contribution in [-0.2, 0) is 0 Å². The maximum absolute atomic E-state index is 13.8. The van der Waals surface area contributed by atoms with Crippen LogP contribution in [0.5, 0.6) is 0 Å². The predicted molar refractivity (Wildman–Crippen MR) is 76.3 cm³/mol. The van der Waals surface area contributed by atoms with Crippen LogP contribution < -0.4 is 5.73 Å². The van der Waals surface area contributed by atoms with E-state index < -0.39 is 6.04 Å². The van der Waals surface area contributed by atoms with Crippen molar-refractivity contribution < 1.29 is 4.39 Å². The van der Waals surface area contributed by atoms with Gasteiger partial charge in [0.05, 0.1) is 6.04 Å². The van der Waals surface area contributed by atoms with Crippen LogP contribution in [0, 0.1) is 12.7 Å². The number of halogens is 3. The molecule has 0 aromatic heterocycles. The van der Waals surface area contributed by atoms with Gasteiger partial charge in [-0.05, 0) is 36.2 Å². The first-order valence-electron chi connectivity index (χ1n) is 5.45. The fraction of sp³-hybridized carbons (Fsp3) is 0.143. The molecular weight excluding hydrogens is 317 g/mol. The van der Waals surface area contributed by atoms with Crippen LogP contribution in [0.3, 0.4) is 0 Å². The Balaban J connectivity index is 2.41. The zero-order chi connectivity index (χ0) is 13.3. The summed E-state index contributed by atoms with van der Waals surface area (Å²) in [4.78, 5) is 0. The molecular formula is C14H12BrClFN. The molecule has 0 radical (unpaired) electrons. The van der Waals surface area contributed by atoms with E-state index in [9.17, 15) is 4.39 Å². The SMILES string of the molecule is Cc1ccc(C(N)c2ccc(Br)cc2F)cc1Cl. The zero-order valence-electron chi connectivity index (χ0n) is 9.75. The standard InChI is InChI=1S/C14H12BrClFN/c1-8-2-3-9(6-12(8)16)14(18)11-5-4-10(15)7-13(11)17/h2-7,14H,18H2,1H3. The first kappa shape index (κ1) is 13.5. The van der Waals surface area contributed by atoms with E-state index in [0.717, 1.165) is 11.1 Å². The zero-order valence-corrected chi connectivity index (χ0v) is 12.1. The van der Waals surface area contributed by atoms with Crippen molar-refractivity contribution in [1.82, 2.24) is 0 Å². The summed E-state index contributed by atoms with van der Waals surface area (Å²) in [6.07, 6.45) is 0. The minimum absolute atomic E-state index is 0.325. The average molecular weight is 329 g/mol. The molecule has 0 aliphatic heterocycles. The molecule has 0 aliphatic rings. The Kier molecular flexibility index (Phi) is 4.05. The Morgan fingerprint density at radius 2 is 1.94 bits per heavy atom. The molecule has 0 aliphatic carbocycles. The van der Waals surface area contributed by atoms with E-state index >= 15 is 0 Å². The van der Waals surface area contributed by atoms with Gasteiger partial charge in [0, 0.05) is 15.1 Å². The van der Waals surface area contributed by atoms with E-state index in [1.807, 2.05) is 19.1 Å². The van der Waals surface area contributed by atoms with Crippen molar-refractivity contribution in [2.24, 2.45) is 5.73 Å². The Morgan fingerprint density at radius 3 is 2.56 bits per heavy atom.